The Hall–Kier alpha value is -2.07. The smallest absolute Gasteiger partial charge is 0.267 e. The lowest BCUT2D eigenvalue weighted by atomic mass is 10.2. The lowest BCUT2D eigenvalue weighted by Gasteiger charge is -2.07. The van der Waals surface area contributed by atoms with Gasteiger partial charge in [0.2, 0.25) is 0 Å². The third-order valence-corrected chi connectivity index (χ3v) is 3.67. The summed E-state index contributed by atoms with van der Waals surface area (Å²) in [5.41, 5.74) is 0.237. The number of carbonyl (C=O) groups excluding carboxylic acids is 1. The van der Waals surface area contributed by atoms with E-state index in [4.69, 9.17) is 28.5 Å². The minimum atomic E-state index is -0.598. The molecule has 0 fully saturated rings. The highest BCUT2D eigenvalue weighted by atomic mass is 79.9. The summed E-state index contributed by atoms with van der Waals surface area (Å²) >= 11 is 15.1. The van der Waals surface area contributed by atoms with Gasteiger partial charge in [-0.1, -0.05) is 39.1 Å². The lowest BCUT2D eigenvalue weighted by Crippen LogP contribution is -2.15. The summed E-state index contributed by atoms with van der Waals surface area (Å²) in [6, 6.07) is 9.92. The topological polar surface area (TPSA) is 77.8 Å². The van der Waals surface area contributed by atoms with E-state index >= 15 is 0 Å². The average molecular weight is 412 g/mol. The van der Waals surface area contributed by atoms with Crippen LogP contribution in [0.3, 0.4) is 0 Å². The molecule has 1 aromatic carbocycles. The van der Waals surface area contributed by atoms with Gasteiger partial charge in [-0.05, 0) is 30.3 Å². The fraction of sp³-hybridized carbons (Fsp3) is 0. The molecule has 1 heterocycles. The SMILES string of the molecule is N#C/C(=C/Nc1cc(Br)ccn1)C(=O)Nc1ccc(Cl)cc1Cl. The van der Waals surface area contributed by atoms with Gasteiger partial charge >= 0.3 is 0 Å². The normalized spacial score (nSPS) is 10.8. The Bertz CT molecular complexity index is 817. The number of amides is 1. The summed E-state index contributed by atoms with van der Waals surface area (Å²) in [5, 5.41) is 15.2. The zero-order valence-corrected chi connectivity index (χ0v) is 14.6. The number of nitrogens with zero attached hydrogens (tertiary/aromatic N) is 2. The lowest BCUT2D eigenvalue weighted by molar-refractivity contribution is -0.112. The van der Waals surface area contributed by atoms with E-state index in [0.717, 1.165) is 4.47 Å². The van der Waals surface area contributed by atoms with Crippen LogP contribution < -0.4 is 10.6 Å². The van der Waals surface area contributed by atoms with Crippen LogP contribution in [0, 0.1) is 11.3 Å². The molecule has 2 aromatic rings. The number of pyridine rings is 1. The number of nitriles is 1. The summed E-state index contributed by atoms with van der Waals surface area (Å²) in [5.74, 6) is -0.108. The highest BCUT2D eigenvalue weighted by Gasteiger charge is 2.11. The minimum absolute atomic E-state index is 0.127. The van der Waals surface area contributed by atoms with Gasteiger partial charge in [-0.3, -0.25) is 4.79 Å². The monoisotopic (exact) mass is 410 g/mol. The van der Waals surface area contributed by atoms with Crippen LogP contribution in [0.2, 0.25) is 10.0 Å². The van der Waals surface area contributed by atoms with Crippen LogP contribution in [0.5, 0.6) is 0 Å². The molecule has 0 aliphatic carbocycles. The second kappa shape index (κ2) is 7.97. The number of hydrogen-bond donors (Lipinski definition) is 2. The number of rotatable bonds is 4. The van der Waals surface area contributed by atoms with Crippen LogP contribution in [0.1, 0.15) is 0 Å². The van der Waals surface area contributed by atoms with Crippen LogP contribution in [-0.2, 0) is 4.79 Å². The van der Waals surface area contributed by atoms with E-state index in [1.807, 2.05) is 6.07 Å². The van der Waals surface area contributed by atoms with Gasteiger partial charge < -0.3 is 10.6 Å². The van der Waals surface area contributed by atoms with Crippen molar-refractivity contribution in [2.45, 2.75) is 0 Å². The van der Waals surface area contributed by atoms with Crippen molar-refractivity contribution in [2.75, 3.05) is 10.6 Å². The second-order valence-electron chi connectivity index (χ2n) is 4.25. The minimum Gasteiger partial charge on any atom is -0.345 e. The number of nitrogens with one attached hydrogen (secondary N) is 2. The predicted molar refractivity (Wildman–Crippen MR) is 94.3 cm³/mol. The molecule has 2 N–H and O–H groups in total. The molecule has 0 unspecified atom stereocenters. The van der Waals surface area contributed by atoms with Gasteiger partial charge in [-0.25, -0.2) is 4.98 Å². The van der Waals surface area contributed by atoms with Crippen molar-refractivity contribution < 1.29 is 4.79 Å². The molecule has 0 spiro atoms. The zero-order valence-electron chi connectivity index (χ0n) is 11.5. The first-order valence-corrected chi connectivity index (χ1v) is 7.79. The number of benzene rings is 1. The van der Waals surface area contributed by atoms with E-state index in [0.29, 0.717) is 16.5 Å². The quantitative estimate of drug-likeness (QED) is 0.568. The maximum absolute atomic E-state index is 12.1. The van der Waals surface area contributed by atoms with Gasteiger partial charge in [0.1, 0.15) is 17.5 Å². The Kier molecular flexibility index (Phi) is 5.99. The standard InChI is InChI=1S/C15H9BrCl2N4O/c16-10-3-4-20-14(5-10)21-8-9(7-19)15(23)22-13-2-1-11(17)6-12(13)18/h1-6,8H,(H,20,21)(H,22,23)/b9-8-. The average Bonchev–Trinajstić information content (AvgIpc) is 2.51. The van der Waals surface area contributed by atoms with Crippen LogP contribution in [0.25, 0.3) is 0 Å². The van der Waals surface area contributed by atoms with Crippen molar-refractivity contribution in [3.05, 3.63) is 62.8 Å². The van der Waals surface area contributed by atoms with Gasteiger partial charge in [0.05, 0.1) is 10.7 Å². The molecular formula is C15H9BrCl2N4O. The highest BCUT2D eigenvalue weighted by molar-refractivity contribution is 9.10. The van der Waals surface area contributed by atoms with E-state index in [-0.39, 0.29) is 10.6 Å². The van der Waals surface area contributed by atoms with Crippen molar-refractivity contribution in [3.8, 4) is 6.07 Å². The summed E-state index contributed by atoms with van der Waals surface area (Å²) in [4.78, 5) is 16.2. The fourth-order valence-electron chi connectivity index (χ4n) is 1.56. The Balaban J connectivity index is 2.12. The van der Waals surface area contributed by atoms with Crippen molar-refractivity contribution in [2.24, 2.45) is 0 Å². The summed E-state index contributed by atoms with van der Waals surface area (Å²) < 4.78 is 0.819. The third-order valence-electron chi connectivity index (χ3n) is 2.63. The van der Waals surface area contributed by atoms with Crippen molar-refractivity contribution >= 4 is 56.5 Å². The van der Waals surface area contributed by atoms with Crippen LogP contribution >= 0.6 is 39.1 Å². The molecule has 5 nitrogen and oxygen atoms in total. The first-order chi connectivity index (χ1) is 11.0. The van der Waals surface area contributed by atoms with Gasteiger partial charge in [-0.15, -0.1) is 0 Å². The molecule has 2 rings (SSSR count). The summed E-state index contributed by atoms with van der Waals surface area (Å²) in [6.07, 6.45) is 2.85. The van der Waals surface area contributed by atoms with Gasteiger partial charge in [0.15, 0.2) is 0 Å². The van der Waals surface area contributed by atoms with Gasteiger partial charge in [0, 0.05) is 21.9 Å². The highest BCUT2D eigenvalue weighted by Crippen LogP contribution is 2.25. The maximum Gasteiger partial charge on any atom is 0.267 e. The van der Waals surface area contributed by atoms with E-state index in [1.165, 1.54) is 12.3 Å². The number of halogens is 3. The Labute approximate surface area is 151 Å². The molecule has 1 amide bonds. The molecule has 0 radical (unpaired) electrons. The third kappa shape index (κ3) is 4.96. The van der Waals surface area contributed by atoms with Crippen LogP contribution in [-0.4, -0.2) is 10.9 Å². The molecule has 23 heavy (non-hydrogen) atoms. The molecule has 0 aliphatic heterocycles. The molecule has 0 aliphatic rings. The number of hydrogen-bond acceptors (Lipinski definition) is 4. The van der Waals surface area contributed by atoms with E-state index in [2.05, 4.69) is 31.5 Å². The molecule has 116 valence electrons. The second-order valence-corrected chi connectivity index (χ2v) is 6.01. The fourth-order valence-corrected chi connectivity index (χ4v) is 2.35. The van der Waals surface area contributed by atoms with Crippen LogP contribution in [0.15, 0.2) is 52.8 Å². The number of carbonyl (C=O) groups is 1. The Morgan fingerprint density at radius 2 is 2.09 bits per heavy atom. The molecule has 0 atom stereocenters. The van der Waals surface area contributed by atoms with Gasteiger partial charge in [0.25, 0.3) is 5.91 Å². The molecule has 8 heteroatoms. The van der Waals surface area contributed by atoms with E-state index in [9.17, 15) is 4.79 Å². The molecule has 0 bridgehead atoms. The molecular weight excluding hydrogens is 403 g/mol. The summed E-state index contributed by atoms with van der Waals surface area (Å²) in [7, 11) is 0. The van der Waals surface area contributed by atoms with E-state index in [1.54, 1.807) is 30.5 Å². The number of anilines is 2. The predicted octanol–water partition coefficient (Wildman–Crippen LogP) is 4.61. The first kappa shape index (κ1) is 17.3. The largest absolute Gasteiger partial charge is 0.345 e. The molecule has 1 aromatic heterocycles. The van der Waals surface area contributed by atoms with Crippen LogP contribution in [0.4, 0.5) is 11.5 Å². The first-order valence-electron chi connectivity index (χ1n) is 6.24. The molecule has 0 saturated heterocycles. The number of aromatic nitrogens is 1. The summed E-state index contributed by atoms with van der Waals surface area (Å²) in [6.45, 7) is 0. The maximum atomic E-state index is 12.1. The van der Waals surface area contributed by atoms with Crippen molar-refractivity contribution in [3.63, 3.8) is 0 Å². The van der Waals surface area contributed by atoms with E-state index < -0.39 is 5.91 Å². The van der Waals surface area contributed by atoms with Crippen molar-refractivity contribution in [1.82, 2.24) is 4.98 Å². The zero-order chi connectivity index (χ0) is 16.8. The Morgan fingerprint density at radius 1 is 1.30 bits per heavy atom. The Morgan fingerprint density at radius 3 is 2.74 bits per heavy atom. The molecule has 0 saturated carbocycles. The van der Waals surface area contributed by atoms with Gasteiger partial charge in [-0.2, -0.15) is 5.26 Å². The van der Waals surface area contributed by atoms with Crippen molar-refractivity contribution in [1.29, 1.82) is 5.26 Å².